The third-order valence-electron chi connectivity index (χ3n) is 10.9. The Labute approximate surface area is 266 Å². The van der Waals surface area contributed by atoms with Crippen molar-refractivity contribution in [2.24, 2.45) is 0 Å². The smallest absolute Gasteiger partial charge is 0.261 e. The highest BCUT2D eigenvalue weighted by Crippen LogP contribution is 2.59. The summed E-state index contributed by atoms with van der Waals surface area (Å²) >= 11 is 0. The van der Waals surface area contributed by atoms with Crippen molar-refractivity contribution in [2.75, 3.05) is 21.0 Å². The number of rotatable bonds is 3. The van der Waals surface area contributed by atoms with Gasteiger partial charge in [0.2, 0.25) is 6.79 Å². The highest BCUT2D eigenvalue weighted by molar-refractivity contribution is 6.21. The van der Waals surface area contributed by atoms with Crippen LogP contribution in [0.1, 0.15) is 73.1 Å². The molecule has 236 valence electrons. The number of hydrogen-bond acceptors (Lipinski definition) is 10. The molecule has 5 aliphatic heterocycles. The zero-order chi connectivity index (χ0) is 32.3. The Morgan fingerprint density at radius 3 is 2.33 bits per heavy atom. The number of carbonyl (C=O) groups is 2. The normalized spacial score (nSPS) is 26.6. The molecule has 3 aromatic carbocycles. The van der Waals surface area contributed by atoms with E-state index in [9.17, 15) is 25.1 Å². The second kappa shape index (κ2) is 9.85. The maximum atomic E-state index is 13.9. The first-order valence-corrected chi connectivity index (χ1v) is 15.5. The van der Waals surface area contributed by atoms with Gasteiger partial charge in [-0.05, 0) is 63.9 Å². The first-order valence-electron chi connectivity index (χ1n) is 15.5. The van der Waals surface area contributed by atoms with Gasteiger partial charge < -0.3 is 24.4 Å². The second-order valence-electron chi connectivity index (χ2n) is 13.0. The quantitative estimate of drug-likeness (QED) is 0.414. The molecule has 11 heteroatoms. The summed E-state index contributed by atoms with van der Waals surface area (Å²) in [5.74, 6) is 0.567. The van der Waals surface area contributed by atoms with Gasteiger partial charge in [0, 0.05) is 34.3 Å². The van der Waals surface area contributed by atoms with Crippen molar-refractivity contribution in [3.63, 3.8) is 0 Å². The lowest BCUT2D eigenvalue weighted by molar-refractivity contribution is -0.0844. The molecular formula is C35H34N4O7. The molecule has 0 aliphatic carbocycles. The summed E-state index contributed by atoms with van der Waals surface area (Å²) in [6.45, 7) is 5.44. The van der Waals surface area contributed by atoms with Gasteiger partial charge in [0.1, 0.15) is 11.8 Å². The van der Waals surface area contributed by atoms with Crippen LogP contribution >= 0.6 is 0 Å². The van der Waals surface area contributed by atoms with E-state index in [0.717, 1.165) is 16.7 Å². The number of fused-ring (bicyclic) bond motifs is 10. The molecule has 5 aliphatic rings. The van der Waals surface area contributed by atoms with Crippen molar-refractivity contribution < 1.29 is 34.0 Å². The number of carbonyl (C=O) groups excluding carboxylic acids is 2. The Morgan fingerprint density at radius 2 is 1.67 bits per heavy atom. The number of imide groups is 1. The van der Waals surface area contributed by atoms with Crippen LogP contribution in [0, 0.1) is 25.2 Å². The van der Waals surface area contributed by atoms with Crippen LogP contribution in [-0.2, 0) is 12.8 Å². The Kier molecular flexibility index (Phi) is 6.14. The van der Waals surface area contributed by atoms with Gasteiger partial charge in [-0.1, -0.05) is 18.2 Å². The van der Waals surface area contributed by atoms with Crippen LogP contribution in [0.5, 0.6) is 28.7 Å². The number of nitriles is 1. The van der Waals surface area contributed by atoms with E-state index in [1.54, 1.807) is 31.2 Å². The Bertz CT molecular complexity index is 1880. The van der Waals surface area contributed by atoms with Gasteiger partial charge >= 0.3 is 0 Å². The van der Waals surface area contributed by atoms with E-state index in [-0.39, 0.29) is 24.3 Å². The molecular weight excluding hydrogens is 588 g/mol. The van der Waals surface area contributed by atoms with E-state index < -0.39 is 42.0 Å². The molecule has 0 saturated carbocycles. The molecule has 46 heavy (non-hydrogen) atoms. The van der Waals surface area contributed by atoms with Gasteiger partial charge in [0.25, 0.3) is 11.8 Å². The van der Waals surface area contributed by atoms with Crippen LogP contribution in [0.2, 0.25) is 0 Å². The fourth-order valence-electron chi connectivity index (χ4n) is 8.96. The Balaban J connectivity index is 1.38. The number of piperazine rings is 1. The second-order valence-corrected chi connectivity index (χ2v) is 13.0. The summed E-state index contributed by atoms with van der Waals surface area (Å²) in [5.41, 5.74) is 4.91. The molecule has 0 aromatic heterocycles. The summed E-state index contributed by atoms with van der Waals surface area (Å²) in [7, 11) is 3.50. The number of aromatic hydroxyl groups is 2. The number of amides is 2. The average molecular weight is 623 g/mol. The van der Waals surface area contributed by atoms with E-state index in [0.29, 0.717) is 57.9 Å². The molecule has 0 spiro atoms. The molecule has 2 N–H and O–H groups in total. The lowest BCUT2D eigenvalue weighted by Gasteiger charge is -2.61. The SMILES string of the molecule is COc1c(C)cc2c(c1O)[C@@H]1C3Cc4c(O)c(C)c5c(c4C([C@@H](C)N4C(=O)c6ccccc6C4=O)N3[C@@H](C#N)[C@H](C2)N1C)OCO5. The number of methoxy groups -OCH3 is 1. The van der Waals surface area contributed by atoms with E-state index >= 15 is 0 Å². The number of aryl methyl sites for hydroxylation is 1. The molecule has 11 nitrogen and oxygen atoms in total. The zero-order valence-corrected chi connectivity index (χ0v) is 26.2. The van der Waals surface area contributed by atoms with E-state index in [1.165, 1.54) is 12.0 Å². The van der Waals surface area contributed by atoms with Crippen molar-refractivity contribution in [2.45, 2.75) is 69.9 Å². The average Bonchev–Trinajstić information content (AvgIpc) is 3.63. The molecule has 2 bridgehead atoms. The van der Waals surface area contributed by atoms with Gasteiger partial charge in [-0.15, -0.1) is 0 Å². The van der Waals surface area contributed by atoms with Crippen molar-refractivity contribution in [3.8, 4) is 34.8 Å². The molecule has 1 fully saturated rings. The summed E-state index contributed by atoms with van der Waals surface area (Å²) in [4.78, 5) is 33.3. The molecule has 2 unspecified atom stereocenters. The predicted octanol–water partition coefficient (Wildman–Crippen LogP) is 3.91. The van der Waals surface area contributed by atoms with Gasteiger partial charge in [0.15, 0.2) is 23.0 Å². The highest BCUT2D eigenvalue weighted by Gasteiger charge is 2.59. The Morgan fingerprint density at radius 1 is 1.00 bits per heavy atom. The third kappa shape index (κ3) is 3.48. The fraction of sp³-hybridized carbons (Fsp3) is 0.400. The lowest BCUT2D eigenvalue weighted by atomic mass is 9.70. The monoisotopic (exact) mass is 622 g/mol. The number of nitrogens with zero attached hydrogens (tertiary/aromatic N) is 4. The minimum Gasteiger partial charge on any atom is -0.507 e. The first-order chi connectivity index (χ1) is 22.1. The third-order valence-corrected chi connectivity index (χ3v) is 10.9. The van der Waals surface area contributed by atoms with Crippen molar-refractivity contribution in [3.05, 3.63) is 74.8 Å². The van der Waals surface area contributed by atoms with Gasteiger partial charge in [-0.2, -0.15) is 5.26 Å². The lowest BCUT2D eigenvalue weighted by Crippen LogP contribution is -2.69. The molecule has 1 saturated heterocycles. The van der Waals surface area contributed by atoms with Crippen molar-refractivity contribution >= 4 is 11.8 Å². The van der Waals surface area contributed by atoms with Crippen LogP contribution in [-0.4, -0.2) is 81.8 Å². The number of hydrogen-bond donors (Lipinski definition) is 2. The minimum absolute atomic E-state index is 0.0420. The first kappa shape index (κ1) is 28.7. The summed E-state index contributed by atoms with van der Waals surface area (Å²) in [6, 6.07) is 8.09. The topological polar surface area (TPSA) is 136 Å². The molecule has 5 heterocycles. The Hall–Kier alpha value is -4.79. The number of phenolic OH excluding ortho intramolecular Hbond substituents is 2. The van der Waals surface area contributed by atoms with Gasteiger partial charge in [-0.3, -0.25) is 24.3 Å². The van der Waals surface area contributed by atoms with E-state index in [4.69, 9.17) is 14.2 Å². The molecule has 3 aromatic rings. The largest absolute Gasteiger partial charge is 0.507 e. The van der Waals surface area contributed by atoms with Crippen molar-refractivity contribution in [1.82, 2.24) is 14.7 Å². The minimum atomic E-state index is -0.773. The maximum absolute atomic E-state index is 13.9. The molecule has 8 rings (SSSR count). The predicted molar refractivity (Wildman–Crippen MR) is 164 cm³/mol. The number of ether oxygens (including phenoxy) is 3. The van der Waals surface area contributed by atoms with E-state index in [1.807, 2.05) is 27.0 Å². The zero-order valence-electron chi connectivity index (χ0n) is 26.2. The van der Waals surface area contributed by atoms with Gasteiger partial charge in [-0.25, -0.2) is 0 Å². The number of phenols is 2. The highest BCUT2D eigenvalue weighted by atomic mass is 16.7. The maximum Gasteiger partial charge on any atom is 0.261 e. The molecule has 2 amide bonds. The van der Waals surface area contributed by atoms with Crippen LogP contribution in [0.25, 0.3) is 0 Å². The number of benzene rings is 3. The molecule has 6 atom stereocenters. The summed E-state index contributed by atoms with van der Waals surface area (Å²) in [6.07, 6.45) is 0.818. The summed E-state index contributed by atoms with van der Waals surface area (Å²) in [5, 5.41) is 34.3. The van der Waals surface area contributed by atoms with Gasteiger partial charge in [0.05, 0.1) is 42.4 Å². The van der Waals surface area contributed by atoms with Crippen LogP contribution in [0.4, 0.5) is 0 Å². The standard InChI is InChI=1S/C35H34N4O7/c1-15-10-18-11-22-24(13-36)39-23(28(37(22)4)25(18)30(41)31(15)44-5)12-21-26(33-32(45-14-46-33)16(2)29(21)40)27(39)17(3)38-34(42)19-8-6-7-9-20(19)35(38)43/h6-10,17,22-24,27-28,40-41H,11-12,14H2,1-5H3/t17-,22+,23?,24+,27?,28+/m1/s1. The van der Waals surface area contributed by atoms with Crippen LogP contribution in [0.3, 0.4) is 0 Å². The molecule has 0 radical (unpaired) electrons. The van der Waals surface area contributed by atoms with Crippen molar-refractivity contribution in [1.29, 1.82) is 5.26 Å². The fourth-order valence-corrected chi connectivity index (χ4v) is 8.96. The van der Waals surface area contributed by atoms with Crippen LogP contribution in [0.15, 0.2) is 30.3 Å². The van der Waals surface area contributed by atoms with E-state index in [2.05, 4.69) is 15.9 Å². The summed E-state index contributed by atoms with van der Waals surface area (Å²) < 4.78 is 17.5. The number of likely N-dealkylation sites (N-methyl/N-ethyl adjacent to an activating group) is 1. The van der Waals surface area contributed by atoms with Crippen LogP contribution < -0.4 is 14.2 Å².